The van der Waals surface area contributed by atoms with Crippen LogP contribution < -0.4 is 0 Å². The Kier molecular flexibility index (Phi) is 14.5. The fourth-order valence-electron chi connectivity index (χ4n) is 0. The maximum atomic E-state index is 7.62. The van der Waals surface area contributed by atoms with Gasteiger partial charge >= 0.3 is 0 Å². The number of hydrogen-bond donors (Lipinski definition) is 3. The maximum Gasteiger partial charge on any atom is 0.0662 e. The van der Waals surface area contributed by atoms with Crippen molar-refractivity contribution in [2.75, 3.05) is 13.2 Å². The first kappa shape index (κ1) is 11.2. The topological polar surface area (TPSA) is 40.5 Å². The molecule has 0 aromatic rings. The van der Waals surface area contributed by atoms with Gasteiger partial charge in [0.2, 0.25) is 0 Å². The fourth-order valence-corrected chi connectivity index (χ4v) is 0. The first-order valence-electron chi connectivity index (χ1n) is 2.06. The van der Waals surface area contributed by atoms with Crippen molar-refractivity contribution in [3.8, 4) is 0 Å². The van der Waals surface area contributed by atoms with E-state index in [0.717, 1.165) is 0 Å². The third-order valence-electron chi connectivity index (χ3n) is 0.1000. The van der Waals surface area contributed by atoms with Crippen LogP contribution in [0, 0.1) is 0 Å². The minimum Gasteiger partial charge on any atom is -0.394 e. The van der Waals surface area contributed by atoms with Gasteiger partial charge in [0.15, 0.2) is 0 Å². The van der Waals surface area contributed by atoms with Gasteiger partial charge in [-0.3, -0.25) is 0 Å². The van der Waals surface area contributed by atoms with Crippen LogP contribution in [0.5, 0.6) is 0 Å². The summed E-state index contributed by atoms with van der Waals surface area (Å²) in [6, 6.07) is 0. The standard InChI is InChI=1S/C2H6O2.C2H4S2/c3-1-2-4;1-2(3)4/h3-4H,1-2H2;1H3,(H,3,4). The summed E-state index contributed by atoms with van der Waals surface area (Å²) < 4.78 is 0.694. The predicted octanol–water partition coefficient (Wildman–Crippen LogP) is 0.234. The lowest BCUT2D eigenvalue weighted by Gasteiger charge is -1.70. The third-order valence-corrected chi connectivity index (χ3v) is 0.1000. The van der Waals surface area contributed by atoms with Gasteiger partial charge in [-0.2, -0.15) is 0 Å². The zero-order valence-electron chi connectivity index (χ0n) is 4.66. The zero-order valence-corrected chi connectivity index (χ0v) is 6.38. The lowest BCUT2D eigenvalue weighted by Crippen LogP contribution is -1.85. The van der Waals surface area contributed by atoms with Crippen LogP contribution in [0.1, 0.15) is 6.92 Å². The molecule has 0 aromatic heterocycles. The Morgan fingerprint density at radius 2 is 1.62 bits per heavy atom. The van der Waals surface area contributed by atoms with Gasteiger partial charge in [0.05, 0.1) is 13.2 Å². The van der Waals surface area contributed by atoms with E-state index in [1.54, 1.807) is 6.92 Å². The Labute approximate surface area is 59.9 Å². The molecule has 0 aliphatic carbocycles. The molecular formula is C4H10O2S2. The molecule has 0 aliphatic heterocycles. The van der Waals surface area contributed by atoms with Crippen LogP contribution in [0.3, 0.4) is 0 Å². The molecule has 0 atom stereocenters. The molecule has 0 saturated carbocycles. The summed E-state index contributed by atoms with van der Waals surface area (Å²) in [5.74, 6) is 0. The van der Waals surface area contributed by atoms with Crippen LogP contribution in [-0.2, 0) is 0 Å². The van der Waals surface area contributed by atoms with Gasteiger partial charge in [-0.1, -0.05) is 12.2 Å². The van der Waals surface area contributed by atoms with Crippen molar-refractivity contribution in [3.63, 3.8) is 0 Å². The molecule has 50 valence electrons. The van der Waals surface area contributed by atoms with E-state index in [4.69, 9.17) is 10.2 Å². The summed E-state index contributed by atoms with van der Waals surface area (Å²) in [7, 11) is 0. The first-order valence-corrected chi connectivity index (χ1v) is 2.92. The normalized spacial score (nSPS) is 7.00. The first-order chi connectivity index (χ1) is 3.65. The molecule has 0 aromatic carbocycles. The van der Waals surface area contributed by atoms with Crippen molar-refractivity contribution in [1.29, 1.82) is 0 Å². The lowest BCUT2D eigenvalue weighted by molar-refractivity contribution is 0.186. The molecule has 0 rings (SSSR count). The summed E-state index contributed by atoms with van der Waals surface area (Å²) in [5, 5.41) is 15.2. The molecule has 8 heavy (non-hydrogen) atoms. The van der Waals surface area contributed by atoms with Gasteiger partial charge in [-0.15, -0.1) is 12.6 Å². The predicted molar refractivity (Wildman–Crippen MR) is 41.4 cm³/mol. The molecule has 0 bridgehead atoms. The molecule has 0 unspecified atom stereocenters. The van der Waals surface area contributed by atoms with Gasteiger partial charge in [0, 0.05) is 4.20 Å². The maximum absolute atomic E-state index is 7.62. The Morgan fingerprint density at radius 1 is 1.50 bits per heavy atom. The van der Waals surface area contributed by atoms with Crippen LogP contribution in [-0.4, -0.2) is 27.6 Å². The second-order valence-electron chi connectivity index (χ2n) is 0.966. The quantitative estimate of drug-likeness (QED) is 0.374. The Hall–Kier alpha value is 0.360. The van der Waals surface area contributed by atoms with Crippen molar-refractivity contribution in [2.24, 2.45) is 0 Å². The van der Waals surface area contributed by atoms with E-state index in [1.807, 2.05) is 0 Å². The van der Waals surface area contributed by atoms with E-state index < -0.39 is 0 Å². The van der Waals surface area contributed by atoms with Crippen molar-refractivity contribution in [3.05, 3.63) is 0 Å². The third kappa shape index (κ3) is 98.8. The molecule has 0 saturated heterocycles. The smallest absolute Gasteiger partial charge is 0.0662 e. The van der Waals surface area contributed by atoms with E-state index >= 15 is 0 Å². The van der Waals surface area contributed by atoms with Crippen LogP contribution in [0.15, 0.2) is 0 Å². The highest BCUT2D eigenvalue weighted by Gasteiger charge is 1.58. The summed E-state index contributed by atoms with van der Waals surface area (Å²) in [4.78, 5) is 0. The van der Waals surface area contributed by atoms with Crippen molar-refractivity contribution in [1.82, 2.24) is 0 Å². The highest BCUT2D eigenvalue weighted by molar-refractivity contribution is 8.11. The minimum absolute atomic E-state index is 0.125. The van der Waals surface area contributed by atoms with Crippen LogP contribution in [0.2, 0.25) is 0 Å². The van der Waals surface area contributed by atoms with Crippen LogP contribution in [0.25, 0.3) is 0 Å². The van der Waals surface area contributed by atoms with E-state index in [0.29, 0.717) is 4.20 Å². The summed E-state index contributed by atoms with van der Waals surface area (Å²) >= 11 is 8.10. The van der Waals surface area contributed by atoms with Crippen molar-refractivity contribution in [2.45, 2.75) is 6.92 Å². The molecule has 2 nitrogen and oxygen atoms in total. The molecule has 2 N–H and O–H groups in total. The second-order valence-corrected chi connectivity index (χ2v) is 2.55. The number of aliphatic hydroxyl groups is 2. The van der Waals surface area contributed by atoms with Crippen molar-refractivity contribution >= 4 is 29.0 Å². The molecule has 0 spiro atoms. The summed E-state index contributed by atoms with van der Waals surface area (Å²) in [5.41, 5.74) is 0. The van der Waals surface area contributed by atoms with Gasteiger partial charge in [0.25, 0.3) is 0 Å². The SMILES string of the molecule is CC(=S)S.OCCO. The lowest BCUT2D eigenvalue weighted by atomic mass is 10.8. The number of aliphatic hydroxyl groups excluding tert-OH is 2. The number of thiocarbonyl (C=S) groups is 1. The molecule has 0 aliphatic rings. The van der Waals surface area contributed by atoms with Crippen LogP contribution in [0.4, 0.5) is 0 Å². The summed E-state index contributed by atoms with van der Waals surface area (Å²) in [6.07, 6.45) is 0. The molecule has 0 radical (unpaired) electrons. The highest BCUT2D eigenvalue weighted by Crippen LogP contribution is 1.73. The number of rotatable bonds is 1. The van der Waals surface area contributed by atoms with Gasteiger partial charge < -0.3 is 10.2 Å². The largest absolute Gasteiger partial charge is 0.394 e. The number of hydrogen-bond acceptors (Lipinski definition) is 3. The Morgan fingerprint density at radius 3 is 1.62 bits per heavy atom. The van der Waals surface area contributed by atoms with E-state index in [1.165, 1.54) is 0 Å². The van der Waals surface area contributed by atoms with Crippen molar-refractivity contribution < 1.29 is 10.2 Å². The zero-order chi connectivity index (χ0) is 6.99. The van der Waals surface area contributed by atoms with Gasteiger partial charge in [0.1, 0.15) is 0 Å². The second kappa shape index (κ2) is 10.4. The number of thiol groups is 1. The molecule has 0 amide bonds. The molecule has 4 heteroatoms. The average Bonchev–Trinajstić information content (AvgIpc) is 1.65. The van der Waals surface area contributed by atoms with Gasteiger partial charge in [-0.05, 0) is 6.92 Å². The molecule has 0 heterocycles. The molecule has 0 fully saturated rings. The van der Waals surface area contributed by atoms with E-state index in [-0.39, 0.29) is 13.2 Å². The Balaban J connectivity index is 0. The summed E-state index contributed by atoms with van der Waals surface area (Å²) in [6.45, 7) is 1.51. The van der Waals surface area contributed by atoms with Crippen LogP contribution >= 0.6 is 24.8 Å². The monoisotopic (exact) mass is 154 g/mol. The fraction of sp³-hybridized carbons (Fsp3) is 0.750. The average molecular weight is 154 g/mol. The Bertz CT molecular complexity index is 50.0. The molecular weight excluding hydrogens is 144 g/mol. The highest BCUT2D eigenvalue weighted by atomic mass is 32.1. The van der Waals surface area contributed by atoms with E-state index in [9.17, 15) is 0 Å². The van der Waals surface area contributed by atoms with Gasteiger partial charge in [-0.25, -0.2) is 0 Å². The van der Waals surface area contributed by atoms with E-state index in [2.05, 4.69) is 24.8 Å². The minimum atomic E-state index is -0.125.